The molecule has 3 aromatic rings. The molecule has 0 saturated carbocycles. The second-order valence-corrected chi connectivity index (χ2v) is 6.12. The van der Waals surface area contributed by atoms with E-state index < -0.39 is 0 Å². The number of rotatable bonds is 7. The fourth-order valence-electron chi connectivity index (χ4n) is 2.28. The van der Waals surface area contributed by atoms with E-state index in [9.17, 15) is 4.39 Å². The van der Waals surface area contributed by atoms with Crippen LogP contribution in [0.2, 0.25) is 0 Å². The topological polar surface area (TPSA) is 55.7 Å². The Morgan fingerprint density at radius 1 is 1.19 bits per heavy atom. The maximum absolute atomic E-state index is 13.0. The first-order valence-corrected chi connectivity index (χ1v) is 8.89. The van der Waals surface area contributed by atoms with Crippen molar-refractivity contribution in [2.75, 3.05) is 19.1 Å². The molecule has 0 aliphatic heterocycles. The number of methoxy groups -OCH3 is 1. The van der Waals surface area contributed by atoms with Gasteiger partial charge in [0.25, 0.3) is 0 Å². The van der Waals surface area contributed by atoms with E-state index in [4.69, 9.17) is 9.47 Å². The van der Waals surface area contributed by atoms with Gasteiger partial charge in [0.2, 0.25) is 5.13 Å². The predicted molar refractivity (Wildman–Crippen MR) is 103 cm³/mol. The van der Waals surface area contributed by atoms with Crippen LogP contribution in [-0.4, -0.2) is 24.9 Å². The van der Waals surface area contributed by atoms with E-state index in [1.807, 2.05) is 30.5 Å². The largest absolute Gasteiger partial charge is 0.493 e. The minimum absolute atomic E-state index is 0.266. The van der Waals surface area contributed by atoms with E-state index in [0.29, 0.717) is 23.2 Å². The molecule has 0 aliphatic rings. The van der Waals surface area contributed by atoms with Crippen LogP contribution in [0.25, 0.3) is 11.3 Å². The number of hydrogen-bond acceptors (Lipinski definition) is 6. The molecule has 0 amide bonds. The summed E-state index contributed by atoms with van der Waals surface area (Å²) in [6, 6.07) is 11.8. The van der Waals surface area contributed by atoms with Gasteiger partial charge in [0.1, 0.15) is 5.82 Å². The number of halogens is 1. The standard InChI is InChI=1S/C19H18FN3O2S/c1-3-25-18-10-13(4-9-17(18)24-2)11-21-23-19-22-16(12-26-19)14-5-7-15(20)8-6-14/h4-12H,3H2,1-2H3,(H,22,23)/b21-11-. The van der Waals surface area contributed by atoms with Crippen molar-refractivity contribution in [1.82, 2.24) is 4.98 Å². The Hall–Kier alpha value is -2.93. The van der Waals surface area contributed by atoms with Crippen molar-refractivity contribution in [2.24, 2.45) is 5.10 Å². The summed E-state index contributed by atoms with van der Waals surface area (Å²) in [5.74, 6) is 1.09. The number of aromatic nitrogens is 1. The van der Waals surface area contributed by atoms with Gasteiger partial charge in [-0.2, -0.15) is 5.10 Å². The summed E-state index contributed by atoms with van der Waals surface area (Å²) in [7, 11) is 1.61. The van der Waals surface area contributed by atoms with Crippen molar-refractivity contribution < 1.29 is 13.9 Å². The zero-order valence-corrected chi connectivity index (χ0v) is 15.2. The van der Waals surface area contributed by atoms with E-state index in [2.05, 4.69) is 15.5 Å². The van der Waals surface area contributed by atoms with Crippen LogP contribution in [0, 0.1) is 5.82 Å². The van der Waals surface area contributed by atoms with Crippen LogP contribution < -0.4 is 14.9 Å². The second-order valence-electron chi connectivity index (χ2n) is 5.26. The molecule has 3 rings (SSSR count). The van der Waals surface area contributed by atoms with Gasteiger partial charge in [-0.1, -0.05) is 0 Å². The number of hydrogen-bond donors (Lipinski definition) is 1. The number of nitrogens with one attached hydrogen (secondary N) is 1. The van der Waals surface area contributed by atoms with Crippen molar-refractivity contribution in [3.63, 3.8) is 0 Å². The highest BCUT2D eigenvalue weighted by molar-refractivity contribution is 7.14. The number of hydrazone groups is 1. The number of anilines is 1. The summed E-state index contributed by atoms with van der Waals surface area (Å²) in [6.07, 6.45) is 1.68. The third kappa shape index (κ3) is 4.37. The Labute approximate surface area is 155 Å². The molecule has 0 atom stereocenters. The maximum atomic E-state index is 13.0. The van der Waals surface area contributed by atoms with E-state index in [1.54, 1.807) is 25.5 Å². The van der Waals surface area contributed by atoms with Gasteiger partial charge in [-0.15, -0.1) is 11.3 Å². The highest BCUT2D eigenvalue weighted by atomic mass is 32.1. The van der Waals surface area contributed by atoms with Gasteiger partial charge in [0.05, 0.1) is 25.6 Å². The molecule has 0 fully saturated rings. The smallest absolute Gasteiger partial charge is 0.203 e. The molecule has 0 aliphatic carbocycles. The summed E-state index contributed by atoms with van der Waals surface area (Å²) in [5.41, 5.74) is 5.41. The molecule has 26 heavy (non-hydrogen) atoms. The average molecular weight is 371 g/mol. The number of ether oxygens (including phenoxy) is 2. The maximum Gasteiger partial charge on any atom is 0.203 e. The SMILES string of the molecule is CCOc1cc(/C=N\Nc2nc(-c3ccc(F)cc3)cs2)ccc1OC. The summed E-state index contributed by atoms with van der Waals surface area (Å²) < 4.78 is 23.8. The van der Waals surface area contributed by atoms with Crippen LogP contribution in [0.15, 0.2) is 52.9 Å². The Bertz CT molecular complexity index is 894. The normalized spacial score (nSPS) is 10.9. The van der Waals surface area contributed by atoms with E-state index in [1.165, 1.54) is 23.5 Å². The lowest BCUT2D eigenvalue weighted by Gasteiger charge is -2.09. The molecular weight excluding hydrogens is 353 g/mol. The summed E-state index contributed by atoms with van der Waals surface area (Å²) in [5, 5.41) is 6.75. The molecule has 0 spiro atoms. The third-order valence-electron chi connectivity index (χ3n) is 3.51. The minimum atomic E-state index is -0.266. The fraction of sp³-hybridized carbons (Fsp3) is 0.158. The van der Waals surface area contributed by atoms with Gasteiger partial charge < -0.3 is 9.47 Å². The van der Waals surface area contributed by atoms with Gasteiger partial charge in [-0.25, -0.2) is 9.37 Å². The molecule has 5 nitrogen and oxygen atoms in total. The van der Waals surface area contributed by atoms with Crippen LogP contribution >= 0.6 is 11.3 Å². The van der Waals surface area contributed by atoms with Crippen molar-refractivity contribution >= 4 is 22.7 Å². The lowest BCUT2D eigenvalue weighted by Crippen LogP contribution is -1.97. The highest BCUT2D eigenvalue weighted by Crippen LogP contribution is 2.28. The van der Waals surface area contributed by atoms with Gasteiger partial charge in [-0.05, 0) is 55.0 Å². The zero-order chi connectivity index (χ0) is 18.4. The lowest BCUT2D eigenvalue weighted by atomic mass is 10.2. The van der Waals surface area contributed by atoms with Gasteiger partial charge in [0, 0.05) is 10.9 Å². The van der Waals surface area contributed by atoms with Crippen LogP contribution in [0.1, 0.15) is 12.5 Å². The molecule has 0 bridgehead atoms. The molecule has 1 N–H and O–H groups in total. The summed E-state index contributed by atoms with van der Waals surface area (Å²) in [6.45, 7) is 2.48. The van der Waals surface area contributed by atoms with Crippen LogP contribution in [0.5, 0.6) is 11.5 Å². The van der Waals surface area contributed by atoms with Gasteiger partial charge in [-0.3, -0.25) is 5.43 Å². The van der Waals surface area contributed by atoms with Crippen molar-refractivity contribution in [3.05, 3.63) is 59.2 Å². The van der Waals surface area contributed by atoms with Gasteiger partial charge >= 0.3 is 0 Å². The predicted octanol–water partition coefficient (Wildman–Crippen LogP) is 4.80. The quantitative estimate of drug-likeness (QED) is 0.479. The third-order valence-corrected chi connectivity index (χ3v) is 4.25. The van der Waals surface area contributed by atoms with E-state index in [0.717, 1.165) is 16.8 Å². The Morgan fingerprint density at radius 3 is 2.73 bits per heavy atom. The minimum Gasteiger partial charge on any atom is -0.493 e. The molecule has 134 valence electrons. The molecule has 1 heterocycles. The Morgan fingerprint density at radius 2 is 2.00 bits per heavy atom. The molecular formula is C19H18FN3O2S. The van der Waals surface area contributed by atoms with E-state index in [-0.39, 0.29) is 5.82 Å². The molecule has 1 aromatic heterocycles. The van der Waals surface area contributed by atoms with Crippen LogP contribution in [0.3, 0.4) is 0 Å². The van der Waals surface area contributed by atoms with Crippen molar-refractivity contribution in [2.45, 2.75) is 6.92 Å². The van der Waals surface area contributed by atoms with Gasteiger partial charge in [0.15, 0.2) is 11.5 Å². The lowest BCUT2D eigenvalue weighted by molar-refractivity contribution is 0.311. The zero-order valence-electron chi connectivity index (χ0n) is 14.4. The number of thiazole rings is 1. The summed E-state index contributed by atoms with van der Waals surface area (Å²) in [4.78, 5) is 4.44. The van der Waals surface area contributed by atoms with E-state index >= 15 is 0 Å². The Kier molecular flexibility index (Phi) is 5.80. The monoisotopic (exact) mass is 371 g/mol. The van der Waals surface area contributed by atoms with Crippen molar-refractivity contribution in [1.29, 1.82) is 0 Å². The average Bonchev–Trinajstić information content (AvgIpc) is 3.12. The van der Waals surface area contributed by atoms with Crippen LogP contribution in [0.4, 0.5) is 9.52 Å². The number of nitrogens with zero attached hydrogens (tertiary/aromatic N) is 2. The first-order chi connectivity index (χ1) is 12.7. The fourth-order valence-corrected chi connectivity index (χ4v) is 2.95. The molecule has 2 aromatic carbocycles. The summed E-state index contributed by atoms with van der Waals surface area (Å²) >= 11 is 1.43. The molecule has 7 heteroatoms. The number of benzene rings is 2. The first-order valence-electron chi connectivity index (χ1n) is 8.01. The first kappa shape index (κ1) is 17.9. The van der Waals surface area contributed by atoms with Crippen molar-refractivity contribution in [3.8, 4) is 22.8 Å². The molecule has 0 radical (unpaired) electrons. The second kappa shape index (κ2) is 8.44. The molecule has 0 unspecified atom stereocenters. The molecule has 0 saturated heterocycles. The Balaban J connectivity index is 1.67. The highest BCUT2D eigenvalue weighted by Gasteiger charge is 2.05. The van der Waals surface area contributed by atoms with Crippen LogP contribution in [-0.2, 0) is 0 Å².